The topological polar surface area (TPSA) is 114 Å². The Bertz CT molecular complexity index is 1260. The fourth-order valence-corrected chi connectivity index (χ4v) is 3.10. The van der Waals surface area contributed by atoms with Crippen LogP contribution in [0.15, 0.2) is 64.2 Å². The van der Waals surface area contributed by atoms with Gasteiger partial charge in [-0.3, -0.25) is 19.1 Å². The second kappa shape index (κ2) is 11.4. The predicted octanol–water partition coefficient (Wildman–Crippen LogP) is 2.83. The number of H-pyrrole nitrogens is 1. The molecule has 0 bridgehead atoms. The van der Waals surface area contributed by atoms with Crippen molar-refractivity contribution in [1.29, 1.82) is 0 Å². The molecule has 0 spiro atoms. The van der Waals surface area contributed by atoms with Gasteiger partial charge in [0.2, 0.25) is 0 Å². The van der Waals surface area contributed by atoms with E-state index in [0.717, 1.165) is 34.4 Å². The molecule has 3 aromatic rings. The van der Waals surface area contributed by atoms with Gasteiger partial charge in [0, 0.05) is 13.7 Å². The van der Waals surface area contributed by atoms with Crippen molar-refractivity contribution in [2.75, 3.05) is 31.0 Å². The zero-order valence-electron chi connectivity index (χ0n) is 18.6. The van der Waals surface area contributed by atoms with Gasteiger partial charge >= 0.3 is 11.9 Å². The largest absolute Gasteiger partial charge is 0.484 e. The molecule has 0 radical (unpaired) electrons. The van der Waals surface area contributed by atoms with Crippen molar-refractivity contribution in [3.05, 3.63) is 86.6 Å². The normalized spacial score (nSPS) is 11.2. The third-order valence-corrected chi connectivity index (χ3v) is 4.84. The van der Waals surface area contributed by atoms with Gasteiger partial charge in [0.15, 0.2) is 6.61 Å². The Morgan fingerprint density at radius 2 is 1.74 bits per heavy atom. The van der Waals surface area contributed by atoms with Crippen LogP contribution in [0.3, 0.4) is 0 Å². The predicted molar refractivity (Wildman–Crippen MR) is 123 cm³/mol. The number of carbonyl (C=O) groups is 1. The molecule has 0 fully saturated rings. The third-order valence-electron chi connectivity index (χ3n) is 4.84. The Labute approximate surface area is 197 Å². The van der Waals surface area contributed by atoms with Crippen LogP contribution in [0.1, 0.15) is 11.1 Å². The minimum absolute atomic E-state index is 0.0293. The summed E-state index contributed by atoms with van der Waals surface area (Å²) in [6.45, 7) is -0.192. The van der Waals surface area contributed by atoms with Gasteiger partial charge in [-0.15, -0.1) is 0 Å². The first kappa shape index (κ1) is 25.6. The molecule has 0 saturated carbocycles. The molecule has 9 nitrogen and oxygen atoms in total. The van der Waals surface area contributed by atoms with E-state index in [1.54, 1.807) is 0 Å². The van der Waals surface area contributed by atoms with Crippen LogP contribution in [-0.2, 0) is 28.8 Å². The number of aromatic amines is 1. The summed E-state index contributed by atoms with van der Waals surface area (Å²) in [6, 6.07) is 13.0. The minimum atomic E-state index is -4.49. The van der Waals surface area contributed by atoms with E-state index in [1.165, 1.54) is 7.11 Å². The lowest BCUT2D eigenvalue weighted by Crippen LogP contribution is -2.36. The first-order valence-electron chi connectivity index (χ1n) is 10.4. The summed E-state index contributed by atoms with van der Waals surface area (Å²) in [5.74, 6) is -0.783. The van der Waals surface area contributed by atoms with E-state index in [2.05, 4.69) is 15.6 Å². The van der Waals surface area contributed by atoms with Crippen LogP contribution in [0.2, 0.25) is 0 Å². The number of methoxy groups -OCH3 is 1. The van der Waals surface area contributed by atoms with Crippen molar-refractivity contribution in [1.82, 2.24) is 9.55 Å². The summed E-state index contributed by atoms with van der Waals surface area (Å²) < 4.78 is 49.5. The standard InChI is InChI=1S/C23H23F3N4O5/c1-34-12-11-30-20(19(21(32)29-22(30)33)27-13-15-5-3-2-4-6-15)28-18(31)14-35-17-9-7-16(8-10-17)23(24,25)26/h2-10,27H,11-14H2,1H3,(H,28,31)(H,29,32,33). The number of halogens is 3. The molecule has 0 aliphatic heterocycles. The lowest BCUT2D eigenvalue weighted by atomic mass is 10.2. The maximum absolute atomic E-state index is 12.7. The Hall–Kier alpha value is -4.06. The summed E-state index contributed by atoms with van der Waals surface area (Å²) in [7, 11) is 1.43. The number of amides is 1. The SMILES string of the molecule is COCCn1c(NC(=O)COc2ccc(C(F)(F)F)cc2)c(NCc2ccccc2)c(=O)[nH]c1=O. The van der Waals surface area contributed by atoms with E-state index < -0.39 is 35.5 Å². The molecule has 0 atom stereocenters. The summed E-state index contributed by atoms with van der Waals surface area (Å²) in [5.41, 5.74) is -1.54. The van der Waals surface area contributed by atoms with Gasteiger partial charge in [-0.05, 0) is 29.8 Å². The highest BCUT2D eigenvalue weighted by Crippen LogP contribution is 2.30. The average molecular weight is 492 g/mol. The van der Waals surface area contributed by atoms with Crippen molar-refractivity contribution < 1.29 is 27.4 Å². The molecular formula is C23H23F3N4O5. The number of ether oxygens (including phenoxy) is 2. The number of carbonyl (C=O) groups excluding carboxylic acids is 1. The van der Waals surface area contributed by atoms with E-state index in [-0.39, 0.29) is 37.0 Å². The van der Waals surface area contributed by atoms with Gasteiger partial charge in [0.05, 0.1) is 18.7 Å². The quantitative estimate of drug-likeness (QED) is 0.401. The lowest BCUT2D eigenvalue weighted by Gasteiger charge is -2.18. The smallest absolute Gasteiger partial charge is 0.416 e. The van der Waals surface area contributed by atoms with E-state index in [4.69, 9.17) is 9.47 Å². The molecule has 2 aromatic carbocycles. The molecule has 0 saturated heterocycles. The monoisotopic (exact) mass is 492 g/mol. The Balaban J connectivity index is 1.80. The molecule has 1 heterocycles. The summed E-state index contributed by atoms with van der Waals surface area (Å²) in [4.78, 5) is 39.7. The van der Waals surface area contributed by atoms with Gasteiger partial charge in [-0.1, -0.05) is 30.3 Å². The van der Waals surface area contributed by atoms with Crippen LogP contribution in [0.4, 0.5) is 24.7 Å². The van der Waals surface area contributed by atoms with Crippen LogP contribution in [-0.4, -0.2) is 35.8 Å². The van der Waals surface area contributed by atoms with Gasteiger partial charge in [-0.2, -0.15) is 13.2 Å². The number of alkyl halides is 3. The molecule has 0 aliphatic rings. The second-order valence-corrected chi connectivity index (χ2v) is 7.33. The van der Waals surface area contributed by atoms with Crippen LogP contribution >= 0.6 is 0 Å². The second-order valence-electron chi connectivity index (χ2n) is 7.33. The Kier molecular flexibility index (Phi) is 8.31. The number of anilines is 2. The van der Waals surface area contributed by atoms with Crippen LogP contribution in [0.5, 0.6) is 5.75 Å². The Morgan fingerprint density at radius 1 is 1.06 bits per heavy atom. The molecule has 1 amide bonds. The van der Waals surface area contributed by atoms with E-state index >= 15 is 0 Å². The number of nitrogens with one attached hydrogen (secondary N) is 3. The molecule has 186 valence electrons. The maximum Gasteiger partial charge on any atom is 0.416 e. The lowest BCUT2D eigenvalue weighted by molar-refractivity contribution is -0.137. The molecule has 35 heavy (non-hydrogen) atoms. The van der Waals surface area contributed by atoms with Crippen molar-refractivity contribution in [2.24, 2.45) is 0 Å². The minimum Gasteiger partial charge on any atom is -0.484 e. The first-order chi connectivity index (χ1) is 16.7. The number of hydrogen-bond donors (Lipinski definition) is 3. The van der Waals surface area contributed by atoms with Crippen LogP contribution in [0.25, 0.3) is 0 Å². The number of rotatable bonds is 10. The van der Waals surface area contributed by atoms with Gasteiger partial charge < -0.3 is 20.1 Å². The third kappa shape index (κ3) is 6.96. The summed E-state index contributed by atoms with van der Waals surface area (Å²) in [6.07, 6.45) is -4.49. The number of benzene rings is 2. The number of nitrogens with zero attached hydrogens (tertiary/aromatic N) is 1. The maximum atomic E-state index is 12.7. The van der Waals surface area contributed by atoms with E-state index in [9.17, 15) is 27.6 Å². The van der Waals surface area contributed by atoms with E-state index in [1.807, 2.05) is 30.3 Å². The van der Waals surface area contributed by atoms with Crippen molar-refractivity contribution in [3.63, 3.8) is 0 Å². The highest BCUT2D eigenvalue weighted by atomic mass is 19.4. The molecule has 12 heteroatoms. The first-order valence-corrected chi connectivity index (χ1v) is 10.4. The van der Waals surface area contributed by atoms with Crippen molar-refractivity contribution in [2.45, 2.75) is 19.3 Å². The average Bonchev–Trinajstić information content (AvgIpc) is 2.82. The zero-order valence-corrected chi connectivity index (χ0v) is 18.6. The molecule has 0 aliphatic carbocycles. The van der Waals surface area contributed by atoms with Gasteiger partial charge in [0.25, 0.3) is 11.5 Å². The number of hydrogen-bond acceptors (Lipinski definition) is 6. The molecule has 1 aromatic heterocycles. The summed E-state index contributed by atoms with van der Waals surface area (Å²) >= 11 is 0. The van der Waals surface area contributed by atoms with Crippen LogP contribution < -0.4 is 26.6 Å². The molecule has 3 N–H and O–H groups in total. The molecular weight excluding hydrogens is 469 g/mol. The fourth-order valence-electron chi connectivity index (χ4n) is 3.10. The van der Waals surface area contributed by atoms with Gasteiger partial charge in [-0.25, -0.2) is 4.79 Å². The van der Waals surface area contributed by atoms with Crippen molar-refractivity contribution >= 4 is 17.4 Å². The fraction of sp³-hybridized carbons (Fsp3) is 0.261. The molecule has 0 unspecified atom stereocenters. The van der Waals surface area contributed by atoms with Crippen molar-refractivity contribution in [3.8, 4) is 5.75 Å². The highest BCUT2D eigenvalue weighted by Gasteiger charge is 2.30. The Morgan fingerprint density at radius 3 is 2.37 bits per heavy atom. The van der Waals surface area contributed by atoms with Crippen LogP contribution in [0, 0.1) is 0 Å². The number of aromatic nitrogens is 2. The summed E-state index contributed by atoms with van der Waals surface area (Å²) in [5, 5.41) is 5.43. The molecule has 3 rings (SSSR count). The van der Waals surface area contributed by atoms with Gasteiger partial charge in [0.1, 0.15) is 17.3 Å². The highest BCUT2D eigenvalue weighted by molar-refractivity contribution is 5.93. The van der Waals surface area contributed by atoms with E-state index in [0.29, 0.717) is 0 Å². The zero-order chi connectivity index (χ0) is 25.4.